The zero-order valence-electron chi connectivity index (χ0n) is 17.4. The lowest BCUT2D eigenvalue weighted by atomic mass is 9.90. The lowest BCUT2D eigenvalue weighted by molar-refractivity contribution is -0.383. The first-order valence-electron chi connectivity index (χ1n) is 9.80. The molecule has 2 fully saturated rings. The summed E-state index contributed by atoms with van der Waals surface area (Å²) in [6, 6.07) is 0.952. The summed E-state index contributed by atoms with van der Waals surface area (Å²) in [5.74, 6) is -2.72. The number of fused-ring (bicyclic) bond motifs is 1. The lowest BCUT2D eigenvalue weighted by Crippen LogP contribution is -2.56. The fraction of sp³-hybridized carbons (Fsp3) is 0.526. The molecule has 14 heteroatoms. The largest absolute Gasteiger partial charge is 0.469 e. The van der Waals surface area contributed by atoms with Crippen molar-refractivity contribution in [3.63, 3.8) is 0 Å². The van der Waals surface area contributed by atoms with Gasteiger partial charge in [-0.15, -0.1) is 0 Å². The second-order valence-corrected chi connectivity index (χ2v) is 8.73. The highest BCUT2D eigenvalue weighted by molar-refractivity contribution is 7.22. The molecule has 3 atom stereocenters. The van der Waals surface area contributed by atoms with E-state index >= 15 is 0 Å². The molecule has 10 nitrogen and oxygen atoms in total. The van der Waals surface area contributed by atoms with Crippen molar-refractivity contribution in [3.8, 4) is 0 Å². The van der Waals surface area contributed by atoms with E-state index in [-0.39, 0.29) is 42.1 Å². The van der Waals surface area contributed by atoms with Crippen molar-refractivity contribution in [1.82, 2.24) is 4.98 Å². The second kappa shape index (κ2) is 8.18. The van der Waals surface area contributed by atoms with Gasteiger partial charge < -0.3 is 19.1 Å². The van der Waals surface area contributed by atoms with Crippen molar-refractivity contribution in [2.75, 3.05) is 31.7 Å². The molecule has 0 radical (unpaired) electrons. The maximum atomic E-state index is 13.2. The fourth-order valence-electron chi connectivity index (χ4n) is 4.04. The Morgan fingerprint density at radius 1 is 1.42 bits per heavy atom. The van der Waals surface area contributed by atoms with Gasteiger partial charge in [0.05, 0.1) is 35.7 Å². The first-order chi connectivity index (χ1) is 15.4. The standard InChI is InChI=1S/C19H18F3N3O7S/c1-9-8-31-18(32-9)3-4-24(7-12(18)16(27)30-2)17-23-15(26)11-5-10(19(20,21)22)6-13(25(28)29)14(11)33-17/h5-6,9,12H,3-4,7-8H2,1-2H3/t9-,12?,18?/m0/s1. The molecule has 3 heterocycles. The number of ether oxygens (including phenoxy) is 3. The molecule has 2 aliphatic heterocycles. The Labute approximate surface area is 188 Å². The van der Waals surface area contributed by atoms with Gasteiger partial charge in [0.1, 0.15) is 10.6 Å². The minimum Gasteiger partial charge on any atom is -0.469 e. The number of benzene rings is 1. The normalized spacial score (nSPS) is 25.5. The van der Waals surface area contributed by atoms with Gasteiger partial charge in [-0.1, -0.05) is 11.3 Å². The number of piperidine rings is 1. The van der Waals surface area contributed by atoms with Crippen LogP contribution in [0.4, 0.5) is 24.0 Å². The molecule has 0 aliphatic carbocycles. The molecule has 1 aromatic heterocycles. The number of carbonyl (C=O) groups excluding carboxylic acids is 1. The number of nitro benzene ring substituents is 1. The minimum absolute atomic E-state index is 0.0255. The predicted octanol–water partition coefficient (Wildman–Crippen LogP) is 2.71. The van der Waals surface area contributed by atoms with Crippen molar-refractivity contribution in [1.29, 1.82) is 0 Å². The first-order valence-corrected chi connectivity index (χ1v) is 10.6. The molecule has 4 rings (SSSR count). The van der Waals surface area contributed by atoms with Gasteiger partial charge in [-0.2, -0.15) is 18.2 Å². The van der Waals surface area contributed by atoms with Crippen LogP contribution in [-0.2, 0) is 25.2 Å². The molecule has 0 bridgehead atoms. The number of methoxy groups -OCH3 is 1. The molecule has 1 aromatic carbocycles. The van der Waals surface area contributed by atoms with E-state index in [4.69, 9.17) is 14.2 Å². The Kier molecular flexibility index (Phi) is 5.78. The lowest BCUT2D eigenvalue weighted by Gasteiger charge is -2.42. The Balaban J connectivity index is 1.77. The third-order valence-corrected chi connectivity index (χ3v) is 6.76. The summed E-state index contributed by atoms with van der Waals surface area (Å²) in [5.41, 5.74) is -3.19. The number of rotatable bonds is 3. The number of nitro groups is 1. The average Bonchev–Trinajstić information content (AvgIpc) is 3.12. The van der Waals surface area contributed by atoms with Crippen LogP contribution in [0.5, 0.6) is 0 Å². The van der Waals surface area contributed by atoms with Gasteiger partial charge >= 0.3 is 12.1 Å². The van der Waals surface area contributed by atoms with Crippen LogP contribution in [0.2, 0.25) is 0 Å². The summed E-state index contributed by atoms with van der Waals surface area (Å²) in [6.45, 7) is 2.27. The molecule has 0 saturated carbocycles. The SMILES string of the molecule is COC(=O)C1CN(c2nc(=O)c3cc(C(F)(F)F)cc([N+](=O)[O-])c3s2)CCC12OC[C@H](C)O2. The number of anilines is 1. The summed E-state index contributed by atoms with van der Waals surface area (Å²) < 4.78 is 55.8. The Morgan fingerprint density at radius 2 is 2.15 bits per heavy atom. The Bertz CT molecular complexity index is 1190. The Morgan fingerprint density at radius 3 is 2.73 bits per heavy atom. The minimum atomic E-state index is -4.87. The topological polar surface area (TPSA) is 121 Å². The van der Waals surface area contributed by atoms with E-state index < -0.39 is 51.0 Å². The van der Waals surface area contributed by atoms with Crippen LogP contribution in [-0.4, -0.2) is 54.6 Å². The van der Waals surface area contributed by atoms with E-state index in [1.165, 1.54) is 7.11 Å². The van der Waals surface area contributed by atoms with E-state index in [0.29, 0.717) is 23.5 Å². The summed E-state index contributed by atoms with van der Waals surface area (Å²) in [5, 5.41) is 11.0. The van der Waals surface area contributed by atoms with Crippen LogP contribution in [0.25, 0.3) is 10.1 Å². The van der Waals surface area contributed by atoms with Crippen LogP contribution >= 0.6 is 11.3 Å². The smallest absolute Gasteiger partial charge is 0.416 e. The molecule has 2 aliphatic rings. The number of aromatic nitrogens is 1. The van der Waals surface area contributed by atoms with Gasteiger partial charge in [-0.25, -0.2) is 0 Å². The number of non-ortho nitro benzene ring substituents is 1. The molecule has 1 spiro atoms. The maximum absolute atomic E-state index is 13.2. The molecule has 2 unspecified atom stereocenters. The highest BCUT2D eigenvalue weighted by Crippen LogP contribution is 2.42. The summed E-state index contributed by atoms with van der Waals surface area (Å²) in [6.07, 6.45) is -4.90. The predicted molar refractivity (Wildman–Crippen MR) is 109 cm³/mol. The summed E-state index contributed by atoms with van der Waals surface area (Å²) in [7, 11) is 1.21. The molecular weight excluding hydrogens is 471 g/mol. The molecule has 0 amide bonds. The van der Waals surface area contributed by atoms with Crippen LogP contribution < -0.4 is 10.5 Å². The van der Waals surface area contributed by atoms with Gasteiger partial charge in [-0.3, -0.25) is 19.7 Å². The number of hydrogen-bond acceptors (Lipinski definition) is 10. The average molecular weight is 489 g/mol. The van der Waals surface area contributed by atoms with Crippen molar-refractivity contribution in [2.45, 2.75) is 31.4 Å². The van der Waals surface area contributed by atoms with Crippen LogP contribution in [0.1, 0.15) is 18.9 Å². The summed E-state index contributed by atoms with van der Waals surface area (Å²) >= 11 is 0.707. The highest BCUT2D eigenvalue weighted by atomic mass is 32.1. The first kappa shape index (κ1) is 23.3. The number of halogens is 3. The van der Waals surface area contributed by atoms with Crippen molar-refractivity contribution in [2.24, 2.45) is 5.92 Å². The zero-order chi connectivity index (χ0) is 24.1. The van der Waals surface area contributed by atoms with Crippen LogP contribution in [0, 0.1) is 16.0 Å². The monoisotopic (exact) mass is 489 g/mol. The van der Waals surface area contributed by atoms with Gasteiger partial charge in [0.25, 0.3) is 11.2 Å². The van der Waals surface area contributed by atoms with Crippen LogP contribution in [0.3, 0.4) is 0 Å². The number of esters is 1. The van der Waals surface area contributed by atoms with Crippen molar-refractivity contribution >= 4 is 38.2 Å². The van der Waals surface area contributed by atoms with E-state index in [0.717, 1.165) is 0 Å². The van der Waals surface area contributed by atoms with Gasteiger partial charge in [-0.05, 0) is 13.0 Å². The van der Waals surface area contributed by atoms with E-state index in [1.54, 1.807) is 11.8 Å². The van der Waals surface area contributed by atoms with Gasteiger partial charge in [0.15, 0.2) is 10.9 Å². The van der Waals surface area contributed by atoms with E-state index in [2.05, 4.69) is 4.98 Å². The molecule has 2 saturated heterocycles. The second-order valence-electron chi connectivity index (χ2n) is 7.75. The molecular formula is C19H18F3N3O7S. The quantitative estimate of drug-likeness (QED) is 0.364. The maximum Gasteiger partial charge on any atom is 0.416 e. The highest BCUT2D eigenvalue weighted by Gasteiger charge is 2.54. The third kappa shape index (κ3) is 4.13. The molecule has 2 aromatic rings. The van der Waals surface area contributed by atoms with E-state index in [1.807, 2.05) is 0 Å². The van der Waals surface area contributed by atoms with E-state index in [9.17, 15) is 32.9 Å². The van der Waals surface area contributed by atoms with Crippen molar-refractivity contribution in [3.05, 3.63) is 38.2 Å². The van der Waals surface area contributed by atoms with Gasteiger partial charge in [0.2, 0.25) is 0 Å². The third-order valence-electron chi connectivity index (χ3n) is 5.60. The number of carbonyl (C=O) groups is 1. The number of nitrogens with zero attached hydrogens (tertiary/aromatic N) is 3. The van der Waals surface area contributed by atoms with Crippen molar-refractivity contribution < 1.29 is 37.1 Å². The number of hydrogen-bond donors (Lipinski definition) is 0. The molecule has 33 heavy (non-hydrogen) atoms. The molecule has 178 valence electrons. The van der Waals surface area contributed by atoms with Crippen LogP contribution in [0.15, 0.2) is 16.9 Å². The molecule has 0 N–H and O–H groups in total. The number of alkyl halides is 3. The summed E-state index contributed by atoms with van der Waals surface area (Å²) in [4.78, 5) is 41.0. The zero-order valence-corrected chi connectivity index (χ0v) is 18.2. The van der Waals surface area contributed by atoms with Gasteiger partial charge in [0, 0.05) is 25.6 Å². The fourth-order valence-corrected chi connectivity index (χ4v) is 5.14. The Hall–Kier alpha value is -2.84.